The van der Waals surface area contributed by atoms with Gasteiger partial charge in [-0.25, -0.2) is 5.10 Å². The first-order valence-electron chi connectivity index (χ1n) is 4.09. The van der Waals surface area contributed by atoms with Crippen LogP contribution in [0.25, 0.3) is 0 Å². The first kappa shape index (κ1) is 7.79. The maximum Gasteiger partial charge on any atom is 0.220 e. The van der Waals surface area contributed by atoms with E-state index in [2.05, 4.69) is 17.1 Å². The van der Waals surface area contributed by atoms with Gasteiger partial charge in [0.25, 0.3) is 0 Å². The van der Waals surface area contributed by atoms with Crippen molar-refractivity contribution in [3.8, 4) is 0 Å². The molecule has 1 saturated carbocycles. The molecule has 1 aliphatic carbocycles. The molecule has 0 bridgehead atoms. The van der Waals surface area contributed by atoms with Crippen LogP contribution in [0.15, 0.2) is 0 Å². The third-order valence-electron chi connectivity index (χ3n) is 2.48. The fourth-order valence-corrected chi connectivity index (χ4v) is 1.61. The Kier molecular flexibility index (Phi) is 1.68. The fraction of sp³-hybridized carbons (Fsp3) is 0.714. The van der Waals surface area contributed by atoms with Crippen LogP contribution in [-0.4, -0.2) is 14.8 Å². The first-order chi connectivity index (χ1) is 5.68. The third-order valence-corrected chi connectivity index (χ3v) is 2.79. The Morgan fingerprint density at radius 1 is 1.83 bits per heavy atom. The average molecular weight is 184 g/mol. The fourth-order valence-electron chi connectivity index (χ4n) is 1.39. The van der Waals surface area contributed by atoms with E-state index in [1.165, 1.54) is 6.42 Å². The number of aromatic amines is 1. The minimum atomic E-state index is 0.499. The molecule has 0 radical (unpaired) electrons. The number of nitrogens with two attached hydrogens (primary N) is 1. The highest BCUT2D eigenvalue weighted by Gasteiger charge is 2.33. The van der Waals surface area contributed by atoms with E-state index >= 15 is 0 Å². The smallest absolute Gasteiger partial charge is 0.220 e. The molecule has 0 aliphatic heterocycles. The van der Waals surface area contributed by atoms with Crippen LogP contribution in [0, 0.1) is 16.6 Å². The van der Waals surface area contributed by atoms with Crippen molar-refractivity contribution in [1.82, 2.24) is 14.8 Å². The number of H-pyrrole nitrogens is 1. The number of aromatic nitrogens is 3. The molecule has 1 aliphatic rings. The predicted molar refractivity (Wildman–Crippen MR) is 49.1 cm³/mol. The van der Waals surface area contributed by atoms with Gasteiger partial charge in [0, 0.05) is 6.54 Å². The van der Waals surface area contributed by atoms with Crippen molar-refractivity contribution in [2.75, 3.05) is 5.73 Å². The summed E-state index contributed by atoms with van der Waals surface area (Å²) in [5.41, 5.74) is 5.62. The van der Waals surface area contributed by atoms with Gasteiger partial charge in [0.1, 0.15) is 0 Å². The Bertz CT molecular complexity index is 339. The number of hydrogen-bond acceptors (Lipinski definition) is 3. The molecule has 2 rings (SSSR count). The molecule has 3 N–H and O–H groups in total. The van der Waals surface area contributed by atoms with Gasteiger partial charge in [-0.2, -0.15) is 0 Å². The molecule has 0 spiro atoms. The normalized spacial score (nSPS) is 27.4. The number of nitrogen functional groups attached to an aromatic ring is 1. The lowest BCUT2D eigenvalue weighted by molar-refractivity contribution is 0.593. The Morgan fingerprint density at radius 3 is 2.92 bits per heavy atom. The number of hydrogen-bond donors (Lipinski definition) is 2. The van der Waals surface area contributed by atoms with Crippen LogP contribution < -0.4 is 5.73 Å². The summed E-state index contributed by atoms with van der Waals surface area (Å²) in [5, 5.41) is 6.52. The molecule has 2 unspecified atom stereocenters. The summed E-state index contributed by atoms with van der Waals surface area (Å²) in [6.07, 6.45) is 1.28. The Balaban J connectivity index is 2.17. The monoisotopic (exact) mass is 184 g/mol. The molecule has 1 heterocycles. The predicted octanol–water partition coefficient (Wildman–Crippen LogP) is 1.18. The summed E-state index contributed by atoms with van der Waals surface area (Å²) >= 11 is 5.02. The number of rotatable bonds is 2. The van der Waals surface area contributed by atoms with E-state index in [9.17, 15) is 0 Å². The largest absolute Gasteiger partial charge is 0.368 e. The standard InChI is InChI=1S/C7H12N4S/c1-4-2-5(4)3-11-6(8)9-10-7(11)12/h4-5H,2-3H2,1H3,(H2,8,9)(H,10,12). The SMILES string of the molecule is CC1CC1Cn1c(N)n[nH]c1=S. The molecule has 2 atom stereocenters. The van der Waals surface area contributed by atoms with Crippen LogP contribution in [0.3, 0.4) is 0 Å². The minimum Gasteiger partial charge on any atom is -0.368 e. The van der Waals surface area contributed by atoms with Gasteiger partial charge in [0.2, 0.25) is 5.95 Å². The van der Waals surface area contributed by atoms with E-state index in [4.69, 9.17) is 18.0 Å². The van der Waals surface area contributed by atoms with Gasteiger partial charge in [-0.15, -0.1) is 5.10 Å². The maximum absolute atomic E-state index is 5.62. The van der Waals surface area contributed by atoms with Gasteiger partial charge in [-0.1, -0.05) is 6.92 Å². The molecule has 12 heavy (non-hydrogen) atoms. The van der Waals surface area contributed by atoms with Crippen molar-refractivity contribution < 1.29 is 0 Å². The van der Waals surface area contributed by atoms with E-state index < -0.39 is 0 Å². The zero-order chi connectivity index (χ0) is 8.72. The van der Waals surface area contributed by atoms with Crippen LogP contribution in [0.5, 0.6) is 0 Å². The Morgan fingerprint density at radius 2 is 2.50 bits per heavy atom. The van der Waals surface area contributed by atoms with Crippen molar-refractivity contribution in [3.63, 3.8) is 0 Å². The zero-order valence-corrected chi connectivity index (χ0v) is 7.77. The molecule has 0 amide bonds. The van der Waals surface area contributed by atoms with Crippen molar-refractivity contribution in [1.29, 1.82) is 0 Å². The molecule has 1 aromatic heterocycles. The maximum atomic E-state index is 5.62. The molecular formula is C7H12N4S. The lowest BCUT2D eigenvalue weighted by Crippen LogP contribution is -2.05. The first-order valence-corrected chi connectivity index (χ1v) is 4.50. The number of nitrogens with zero attached hydrogens (tertiary/aromatic N) is 2. The highest BCUT2D eigenvalue weighted by molar-refractivity contribution is 7.71. The summed E-state index contributed by atoms with van der Waals surface area (Å²) in [6.45, 7) is 3.16. The number of anilines is 1. The number of nitrogens with one attached hydrogen (secondary N) is 1. The summed E-state index contributed by atoms with van der Waals surface area (Å²) in [5.74, 6) is 2.07. The third kappa shape index (κ3) is 1.24. The summed E-state index contributed by atoms with van der Waals surface area (Å²) in [6, 6.07) is 0. The van der Waals surface area contributed by atoms with Gasteiger partial charge in [-0.05, 0) is 30.5 Å². The second kappa shape index (κ2) is 2.58. The van der Waals surface area contributed by atoms with Crippen LogP contribution in [-0.2, 0) is 6.54 Å². The van der Waals surface area contributed by atoms with Crippen LogP contribution in [0.2, 0.25) is 0 Å². The van der Waals surface area contributed by atoms with Gasteiger partial charge >= 0.3 is 0 Å². The van der Waals surface area contributed by atoms with Crippen LogP contribution in [0.1, 0.15) is 13.3 Å². The second-order valence-corrected chi connectivity index (χ2v) is 3.86. The van der Waals surface area contributed by atoms with E-state index in [-0.39, 0.29) is 0 Å². The van der Waals surface area contributed by atoms with Gasteiger partial charge in [-0.3, -0.25) is 4.57 Å². The lowest BCUT2D eigenvalue weighted by Gasteiger charge is -2.00. The molecular weight excluding hydrogens is 172 g/mol. The average Bonchev–Trinajstić information content (AvgIpc) is 2.63. The van der Waals surface area contributed by atoms with Gasteiger partial charge < -0.3 is 5.73 Å². The van der Waals surface area contributed by atoms with E-state index in [0.29, 0.717) is 10.7 Å². The molecule has 66 valence electrons. The summed E-state index contributed by atoms with van der Waals surface area (Å²) in [7, 11) is 0. The molecule has 0 aromatic carbocycles. The Labute approximate surface area is 75.8 Å². The summed E-state index contributed by atoms with van der Waals surface area (Å²) < 4.78 is 2.50. The van der Waals surface area contributed by atoms with Crippen LogP contribution >= 0.6 is 12.2 Å². The van der Waals surface area contributed by atoms with E-state index in [1.807, 2.05) is 4.57 Å². The van der Waals surface area contributed by atoms with E-state index in [0.717, 1.165) is 18.4 Å². The van der Waals surface area contributed by atoms with Crippen molar-refractivity contribution in [3.05, 3.63) is 4.77 Å². The quantitative estimate of drug-likeness (QED) is 0.678. The van der Waals surface area contributed by atoms with Crippen molar-refractivity contribution in [2.45, 2.75) is 19.9 Å². The van der Waals surface area contributed by atoms with Gasteiger partial charge in [0.05, 0.1) is 0 Å². The minimum absolute atomic E-state index is 0.499. The molecule has 4 nitrogen and oxygen atoms in total. The molecule has 5 heteroatoms. The van der Waals surface area contributed by atoms with Gasteiger partial charge in [0.15, 0.2) is 4.77 Å². The summed E-state index contributed by atoms with van der Waals surface area (Å²) in [4.78, 5) is 0. The van der Waals surface area contributed by atoms with Crippen molar-refractivity contribution >= 4 is 18.2 Å². The highest BCUT2D eigenvalue weighted by atomic mass is 32.1. The second-order valence-electron chi connectivity index (χ2n) is 3.47. The van der Waals surface area contributed by atoms with Crippen LogP contribution in [0.4, 0.5) is 5.95 Å². The lowest BCUT2D eigenvalue weighted by atomic mass is 10.3. The van der Waals surface area contributed by atoms with Crippen molar-refractivity contribution in [2.24, 2.45) is 11.8 Å². The van der Waals surface area contributed by atoms with E-state index in [1.54, 1.807) is 0 Å². The highest BCUT2D eigenvalue weighted by Crippen LogP contribution is 2.39. The molecule has 0 saturated heterocycles. The molecule has 1 fully saturated rings. The zero-order valence-electron chi connectivity index (χ0n) is 6.95. The molecule has 1 aromatic rings. The Hall–Kier alpha value is -0.840. The topological polar surface area (TPSA) is 59.6 Å².